The van der Waals surface area contributed by atoms with Crippen molar-refractivity contribution in [2.24, 2.45) is 16.6 Å². The van der Waals surface area contributed by atoms with Crippen LogP contribution in [0.25, 0.3) is 0 Å². The van der Waals surface area contributed by atoms with Crippen molar-refractivity contribution in [3.8, 4) is 0 Å². The molecule has 218 valence electrons. The van der Waals surface area contributed by atoms with Crippen molar-refractivity contribution in [3.05, 3.63) is 69.5 Å². The van der Waals surface area contributed by atoms with Crippen LogP contribution in [0.5, 0.6) is 0 Å². The molecule has 2 aromatic rings. The highest BCUT2D eigenvalue weighted by molar-refractivity contribution is 6.31. The molecule has 4 atom stereocenters. The maximum absolute atomic E-state index is 15.6. The fourth-order valence-corrected chi connectivity index (χ4v) is 6.93. The summed E-state index contributed by atoms with van der Waals surface area (Å²) in [6.07, 6.45) is 3.07. The van der Waals surface area contributed by atoms with Crippen molar-refractivity contribution in [2.45, 2.75) is 89.4 Å². The van der Waals surface area contributed by atoms with Crippen molar-refractivity contribution in [3.63, 3.8) is 0 Å². The number of amides is 1. The summed E-state index contributed by atoms with van der Waals surface area (Å²) < 4.78 is 20.6. The lowest BCUT2D eigenvalue weighted by molar-refractivity contribution is -0.153. The molecule has 0 bridgehead atoms. The SMILES string of the molecule is COC(=O)[C@]1(C)CC[C@H](NC(=O)[C@@H]2N[C@@H](CC(C)(C)C)[C@](N)(c3cc(Cl)ccc3F)[C@H]2c2ccccc2Cl)CC1. The Morgan fingerprint density at radius 3 is 2.40 bits per heavy atom. The Kier molecular flexibility index (Phi) is 8.92. The standard InChI is InChI=1S/C31H40Cl2FN3O3/c1-29(2,3)17-24-31(35,21-16-18(32)10-11-23(21)34)25(20-8-6-7-9-22(20)33)26(37-24)27(38)36-19-12-14-30(4,15-13-19)28(39)40-5/h6-11,16,19,24-26,37H,12-15,17,35H2,1-5H3,(H,36,38)/t19-,24-,25-,26+,30+,31+/m0/s1. The molecule has 0 unspecified atom stereocenters. The van der Waals surface area contributed by atoms with Crippen LogP contribution in [-0.4, -0.2) is 37.1 Å². The number of methoxy groups -OCH3 is 1. The molecule has 0 spiro atoms. The average molecular weight is 593 g/mol. The summed E-state index contributed by atoms with van der Waals surface area (Å²) in [4.78, 5) is 26.3. The first-order valence-corrected chi connectivity index (χ1v) is 14.6. The zero-order valence-corrected chi connectivity index (χ0v) is 25.3. The third kappa shape index (κ3) is 6.03. The summed E-state index contributed by atoms with van der Waals surface area (Å²) in [7, 11) is 1.40. The van der Waals surface area contributed by atoms with Crippen LogP contribution in [0.3, 0.4) is 0 Å². The Labute approximate surface area is 246 Å². The largest absolute Gasteiger partial charge is 0.469 e. The van der Waals surface area contributed by atoms with Gasteiger partial charge in [-0.2, -0.15) is 0 Å². The third-order valence-corrected chi connectivity index (χ3v) is 9.23. The van der Waals surface area contributed by atoms with Crippen molar-refractivity contribution >= 4 is 35.1 Å². The number of rotatable bonds is 6. The van der Waals surface area contributed by atoms with Gasteiger partial charge in [0.05, 0.1) is 24.1 Å². The second-order valence-electron chi connectivity index (χ2n) is 12.9. The lowest BCUT2D eigenvalue weighted by Gasteiger charge is -2.40. The summed E-state index contributed by atoms with van der Waals surface area (Å²) in [5.41, 5.74) is 6.16. The minimum atomic E-state index is -1.34. The Morgan fingerprint density at radius 1 is 1.15 bits per heavy atom. The van der Waals surface area contributed by atoms with Crippen LogP contribution in [0.1, 0.15) is 76.8 Å². The molecule has 40 heavy (non-hydrogen) atoms. The molecule has 1 saturated heterocycles. The summed E-state index contributed by atoms with van der Waals surface area (Å²) in [6, 6.07) is 10.3. The van der Waals surface area contributed by atoms with Crippen LogP contribution in [0.4, 0.5) is 4.39 Å². The summed E-state index contributed by atoms with van der Waals surface area (Å²) in [6.45, 7) is 8.16. The number of nitrogens with one attached hydrogen (secondary N) is 2. The zero-order chi connectivity index (χ0) is 29.5. The van der Waals surface area contributed by atoms with Gasteiger partial charge in [-0.3, -0.25) is 9.59 Å². The first-order valence-electron chi connectivity index (χ1n) is 13.8. The maximum Gasteiger partial charge on any atom is 0.311 e. The highest BCUT2D eigenvalue weighted by Gasteiger charge is 2.58. The summed E-state index contributed by atoms with van der Waals surface area (Å²) in [5, 5.41) is 7.52. The topological polar surface area (TPSA) is 93.4 Å². The molecule has 0 radical (unpaired) electrons. The number of ether oxygens (including phenoxy) is 1. The molecule has 4 rings (SSSR count). The number of nitrogens with two attached hydrogens (primary N) is 1. The molecule has 4 N–H and O–H groups in total. The smallest absolute Gasteiger partial charge is 0.311 e. The van der Waals surface area contributed by atoms with Crippen LogP contribution in [0.15, 0.2) is 42.5 Å². The van der Waals surface area contributed by atoms with Crippen LogP contribution in [0, 0.1) is 16.6 Å². The van der Waals surface area contributed by atoms with Gasteiger partial charge in [0.25, 0.3) is 0 Å². The van der Waals surface area contributed by atoms with Gasteiger partial charge in [-0.25, -0.2) is 4.39 Å². The van der Waals surface area contributed by atoms with E-state index >= 15 is 4.39 Å². The van der Waals surface area contributed by atoms with E-state index in [1.54, 1.807) is 12.1 Å². The predicted molar refractivity (Wildman–Crippen MR) is 157 cm³/mol. The van der Waals surface area contributed by atoms with Gasteiger partial charge in [-0.1, -0.05) is 62.2 Å². The Bertz CT molecular complexity index is 1260. The number of esters is 1. The molecule has 1 aliphatic heterocycles. The minimum Gasteiger partial charge on any atom is -0.469 e. The van der Waals surface area contributed by atoms with Crippen molar-refractivity contribution in [1.82, 2.24) is 10.6 Å². The maximum atomic E-state index is 15.6. The lowest BCUT2D eigenvalue weighted by Crippen LogP contribution is -2.52. The van der Waals surface area contributed by atoms with Gasteiger partial charge in [0.2, 0.25) is 5.91 Å². The number of halogens is 3. The molecular weight excluding hydrogens is 552 g/mol. The number of benzene rings is 2. The fraction of sp³-hybridized carbons (Fsp3) is 0.548. The van der Waals surface area contributed by atoms with Crippen molar-refractivity contribution in [1.29, 1.82) is 0 Å². The first kappa shape index (κ1) is 30.8. The predicted octanol–water partition coefficient (Wildman–Crippen LogP) is 6.09. The highest BCUT2D eigenvalue weighted by atomic mass is 35.5. The molecule has 2 fully saturated rings. The number of hydrogen-bond acceptors (Lipinski definition) is 5. The van der Waals surface area contributed by atoms with Crippen molar-refractivity contribution in [2.75, 3.05) is 7.11 Å². The van der Waals surface area contributed by atoms with E-state index in [4.69, 9.17) is 33.7 Å². The van der Waals surface area contributed by atoms with E-state index in [2.05, 4.69) is 31.4 Å². The third-order valence-electron chi connectivity index (χ3n) is 8.65. The van der Waals surface area contributed by atoms with E-state index in [0.717, 1.165) is 0 Å². The molecular formula is C31H40Cl2FN3O3. The molecule has 1 aliphatic carbocycles. The molecule has 2 aliphatic rings. The zero-order valence-electron chi connectivity index (χ0n) is 23.8. The van der Waals surface area contributed by atoms with Gasteiger partial charge in [0.1, 0.15) is 5.82 Å². The van der Waals surface area contributed by atoms with Crippen LogP contribution >= 0.6 is 23.2 Å². The van der Waals surface area contributed by atoms with Gasteiger partial charge in [0, 0.05) is 33.6 Å². The Morgan fingerprint density at radius 2 is 1.80 bits per heavy atom. The lowest BCUT2D eigenvalue weighted by atomic mass is 9.68. The number of carbonyl (C=O) groups is 2. The fourth-order valence-electron chi connectivity index (χ4n) is 6.50. The van der Waals surface area contributed by atoms with E-state index in [1.165, 1.54) is 19.2 Å². The van der Waals surface area contributed by atoms with Crippen LogP contribution in [-0.2, 0) is 19.9 Å². The van der Waals surface area contributed by atoms with Gasteiger partial charge in [-0.15, -0.1) is 0 Å². The van der Waals surface area contributed by atoms with Gasteiger partial charge < -0.3 is 21.1 Å². The first-order chi connectivity index (χ1) is 18.7. The highest BCUT2D eigenvalue weighted by Crippen LogP contribution is 2.50. The van der Waals surface area contributed by atoms with Crippen LogP contribution in [0.2, 0.25) is 10.0 Å². The quantitative estimate of drug-likeness (QED) is 0.354. The van der Waals surface area contributed by atoms with E-state index in [0.29, 0.717) is 47.7 Å². The summed E-state index contributed by atoms with van der Waals surface area (Å²) >= 11 is 13.1. The summed E-state index contributed by atoms with van der Waals surface area (Å²) in [5.74, 6) is -1.63. The minimum absolute atomic E-state index is 0.115. The van der Waals surface area contributed by atoms with E-state index in [9.17, 15) is 9.59 Å². The Balaban J connectivity index is 1.74. The number of hydrogen-bond donors (Lipinski definition) is 3. The molecule has 2 aromatic carbocycles. The normalized spacial score (nSPS) is 30.6. The molecule has 6 nitrogen and oxygen atoms in total. The van der Waals surface area contributed by atoms with Crippen molar-refractivity contribution < 1.29 is 18.7 Å². The molecule has 1 saturated carbocycles. The van der Waals surface area contributed by atoms with E-state index in [1.807, 2.05) is 25.1 Å². The number of carbonyl (C=O) groups excluding carboxylic acids is 2. The molecule has 1 amide bonds. The molecule has 1 heterocycles. The van der Waals surface area contributed by atoms with Gasteiger partial charge >= 0.3 is 5.97 Å². The van der Waals surface area contributed by atoms with Gasteiger partial charge in [-0.05, 0) is 74.3 Å². The second kappa shape index (κ2) is 11.6. The second-order valence-corrected chi connectivity index (χ2v) is 13.7. The Hall–Kier alpha value is -2.19. The molecule has 0 aromatic heterocycles. The van der Waals surface area contributed by atoms with Gasteiger partial charge in [0.15, 0.2) is 0 Å². The van der Waals surface area contributed by atoms with E-state index < -0.39 is 34.8 Å². The van der Waals surface area contributed by atoms with E-state index in [-0.39, 0.29) is 28.9 Å². The monoisotopic (exact) mass is 591 g/mol. The average Bonchev–Trinajstić information content (AvgIpc) is 3.18. The molecule has 9 heteroatoms. The van der Waals surface area contributed by atoms with Crippen LogP contribution < -0.4 is 16.4 Å².